The molecular weight excluding hydrogens is 439 g/mol. The standard InChI is InChI=1S/C25H31FN4O4/c1-5-16(9-7-10-18(27)25(31)33-4)34-22-12-17-20(13-21(22)32-3)28-14-29-24(17)30-19-11-6-8-15(2)23(19)26/h6,8,11-14,16,18H,5,7,9-10,27H2,1-4H3,(H,28,29,30). The van der Waals surface area contributed by atoms with Gasteiger partial charge >= 0.3 is 5.97 Å². The fourth-order valence-corrected chi connectivity index (χ4v) is 3.65. The molecule has 0 radical (unpaired) electrons. The molecule has 9 heteroatoms. The number of aryl methyl sites for hydroxylation is 1. The van der Waals surface area contributed by atoms with Gasteiger partial charge < -0.3 is 25.3 Å². The average Bonchev–Trinajstić information content (AvgIpc) is 2.85. The van der Waals surface area contributed by atoms with E-state index in [0.717, 1.165) is 6.42 Å². The van der Waals surface area contributed by atoms with Crippen LogP contribution in [0.25, 0.3) is 10.9 Å². The Hall–Kier alpha value is -3.46. The summed E-state index contributed by atoms with van der Waals surface area (Å²) in [4.78, 5) is 20.2. The van der Waals surface area contributed by atoms with E-state index >= 15 is 0 Å². The number of aromatic nitrogens is 2. The number of nitrogens with two attached hydrogens (primary N) is 1. The molecule has 3 N–H and O–H groups in total. The van der Waals surface area contributed by atoms with Crippen molar-refractivity contribution < 1.29 is 23.4 Å². The zero-order valence-electron chi connectivity index (χ0n) is 19.9. The van der Waals surface area contributed by atoms with Gasteiger partial charge in [-0.1, -0.05) is 19.1 Å². The molecule has 2 aromatic carbocycles. The van der Waals surface area contributed by atoms with Crippen molar-refractivity contribution in [1.29, 1.82) is 0 Å². The molecule has 2 unspecified atom stereocenters. The molecule has 8 nitrogen and oxygen atoms in total. The molecule has 0 fully saturated rings. The number of hydrogen-bond acceptors (Lipinski definition) is 8. The number of rotatable bonds is 11. The van der Waals surface area contributed by atoms with E-state index in [-0.39, 0.29) is 11.9 Å². The summed E-state index contributed by atoms with van der Waals surface area (Å²) in [5, 5.41) is 3.74. The summed E-state index contributed by atoms with van der Waals surface area (Å²) in [5.41, 5.74) is 7.32. The Morgan fingerprint density at radius 3 is 2.68 bits per heavy atom. The Morgan fingerprint density at radius 1 is 1.18 bits per heavy atom. The second-order valence-corrected chi connectivity index (χ2v) is 8.01. The van der Waals surface area contributed by atoms with Crippen LogP contribution in [0, 0.1) is 12.7 Å². The van der Waals surface area contributed by atoms with Gasteiger partial charge in [0.1, 0.15) is 24.0 Å². The highest BCUT2D eigenvalue weighted by molar-refractivity contribution is 5.93. The fraction of sp³-hybridized carbons (Fsp3) is 0.400. The minimum Gasteiger partial charge on any atom is -0.493 e. The van der Waals surface area contributed by atoms with Gasteiger partial charge in [-0.05, 0) is 50.3 Å². The predicted molar refractivity (Wildman–Crippen MR) is 129 cm³/mol. The van der Waals surface area contributed by atoms with E-state index in [2.05, 4.69) is 20.0 Å². The van der Waals surface area contributed by atoms with Crippen molar-refractivity contribution in [2.24, 2.45) is 5.73 Å². The van der Waals surface area contributed by atoms with E-state index in [1.165, 1.54) is 13.4 Å². The van der Waals surface area contributed by atoms with Crippen molar-refractivity contribution in [3.63, 3.8) is 0 Å². The second-order valence-electron chi connectivity index (χ2n) is 8.01. The summed E-state index contributed by atoms with van der Waals surface area (Å²) >= 11 is 0. The molecule has 0 aliphatic rings. The van der Waals surface area contributed by atoms with Crippen molar-refractivity contribution >= 4 is 28.4 Å². The molecule has 1 aromatic heterocycles. The molecule has 0 saturated heterocycles. The van der Waals surface area contributed by atoms with Crippen LogP contribution in [0.15, 0.2) is 36.7 Å². The lowest BCUT2D eigenvalue weighted by Crippen LogP contribution is -2.31. The zero-order valence-corrected chi connectivity index (χ0v) is 19.9. The van der Waals surface area contributed by atoms with Crippen molar-refractivity contribution in [3.8, 4) is 11.5 Å². The summed E-state index contributed by atoms with van der Waals surface area (Å²) in [6, 6.07) is 8.06. The van der Waals surface area contributed by atoms with Crippen LogP contribution >= 0.6 is 0 Å². The van der Waals surface area contributed by atoms with Gasteiger partial charge in [0.25, 0.3) is 0 Å². The van der Waals surface area contributed by atoms with Gasteiger partial charge in [0.15, 0.2) is 11.5 Å². The van der Waals surface area contributed by atoms with Crippen molar-refractivity contribution in [3.05, 3.63) is 48.0 Å². The molecule has 1 heterocycles. The molecule has 34 heavy (non-hydrogen) atoms. The number of ether oxygens (including phenoxy) is 3. The van der Waals surface area contributed by atoms with Crippen molar-refractivity contribution in [1.82, 2.24) is 9.97 Å². The van der Waals surface area contributed by atoms with E-state index in [1.807, 2.05) is 6.92 Å². The number of esters is 1. The van der Waals surface area contributed by atoms with Crippen molar-refractivity contribution in [2.75, 3.05) is 19.5 Å². The fourth-order valence-electron chi connectivity index (χ4n) is 3.65. The molecular formula is C25H31FN4O4. The van der Waals surface area contributed by atoms with E-state index in [9.17, 15) is 9.18 Å². The number of fused-ring (bicyclic) bond motifs is 1. The highest BCUT2D eigenvalue weighted by Gasteiger charge is 2.18. The number of benzene rings is 2. The highest BCUT2D eigenvalue weighted by atomic mass is 19.1. The van der Waals surface area contributed by atoms with Gasteiger partial charge in [-0.2, -0.15) is 0 Å². The molecule has 0 spiro atoms. The van der Waals surface area contributed by atoms with Crippen LogP contribution in [0.4, 0.5) is 15.9 Å². The number of carbonyl (C=O) groups is 1. The summed E-state index contributed by atoms with van der Waals surface area (Å²) in [5.74, 6) is 0.759. The normalized spacial score (nSPS) is 12.8. The van der Waals surface area contributed by atoms with Gasteiger partial charge in [0.2, 0.25) is 0 Å². The van der Waals surface area contributed by atoms with Crippen LogP contribution in [-0.2, 0) is 9.53 Å². The quantitative estimate of drug-likeness (QED) is 0.390. The van der Waals surface area contributed by atoms with Crippen LogP contribution in [0.5, 0.6) is 11.5 Å². The molecule has 182 valence electrons. The maximum absolute atomic E-state index is 14.6. The first-order valence-electron chi connectivity index (χ1n) is 11.2. The van der Waals surface area contributed by atoms with Gasteiger partial charge in [-0.15, -0.1) is 0 Å². The minimum absolute atomic E-state index is 0.119. The largest absolute Gasteiger partial charge is 0.493 e. The lowest BCUT2D eigenvalue weighted by molar-refractivity contribution is -0.142. The van der Waals surface area contributed by atoms with Crippen molar-refractivity contribution in [2.45, 2.75) is 51.7 Å². The number of carbonyl (C=O) groups excluding carboxylic acids is 1. The first kappa shape index (κ1) is 25.2. The summed E-state index contributed by atoms with van der Waals surface area (Å²) in [6.07, 6.45) is 3.95. The van der Waals surface area contributed by atoms with Crippen LogP contribution in [0.1, 0.15) is 38.2 Å². The third-order valence-electron chi connectivity index (χ3n) is 5.66. The molecule has 0 amide bonds. The lowest BCUT2D eigenvalue weighted by atomic mass is 10.1. The van der Waals surface area contributed by atoms with Gasteiger partial charge in [0, 0.05) is 11.5 Å². The molecule has 2 atom stereocenters. The zero-order chi connectivity index (χ0) is 24.7. The second kappa shape index (κ2) is 11.6. The molecule has 0 aliphatic heterocycles. The smallest absolute Gasteiger partial charge is 0.322 e. The number of anilines is 2. The minimum atomic E-state index is -0.648. The summed E-state index contributed by atoms with van der Waals surface area (Å²) in [7, 11) is 2.89. The number of nitrogens with zero attached hydrogens (tertiary/aromatic N) is 2. The number of hydrogen-bond donors (Lipinski definition) is 2. The lowest BCUT2D eigenvalue weighted by Gasteiger charge is -2.21. The molecule has 0 bridgehead atoms. The van der Waals surface area contributed by atoms with E-state index in [0.29, 0.717) is 58.7 Å². The number of nitrogens with one attached hydrogen (secondary N) is 1. The summed E-state index contributed by atoms with van der Waals surface area (Å²) < 4.78 is 31.0. The third-order valence-corrected chi connectivity index (χ3v) is 5.66. The average molecular weight is 471 g/mol. The molecule has 3 aromatic rings. The molecule has 3 rings (SSSR count). The number of halogens is 1. The number of methoxy groups -OCH3 is 2. The highest BCUT2D eigenvalue weighted by Crippen LogP contribution is 2.36. The first-order chi connectivity index (χ1) is 16.4. The van der Waals surface area contributed by atoms with Crippen LogP contribution in [-0.4, -0.2) is 42.3 Å². The monoisotopic (exact) mass is 470 g/mol. The molecule has 0 aliphatic carbocycles. The first-order valence-corrected chi connectivity index (χ1v) is 11.2. The summed E-state index contributed by atoms with van der Waals surface area (Å²) in [6.45, 7) is 3.73. The maximum Gasteiger partial charge on any atom is 0.322 e. The Balaban J connectivity index is 1.84. The van der Waals surface area contributed by atoms with Crippen LogP contribution in [0.3, 0.4) is 0 Å². The Labute approximate surface area is 198 Å². The van der Waals surface area contributed by atoms with E-state index in [4.69, 9.17) is 15.2 Å². The third kappa shape index (κ3) is 5.91. The Bertz CT molecular complexity index is 1140. The van der Waals surface area contributed by atoms with Gasteiger partial charge in [0.05, 0.1) is 31.5 Å². The SMILES string of the molecule is CCC(CCCC(N)C(=O)OC)Oc1cc2c(Nc3cccc(C)c3F)ncnc2cc1OC. The topological polar surface area (TPSA) is 109 Å². The van der Waals surface area contributed by atoms with Gasteiger partial charge in [-0.3, -0.25) is 4.79 Å². The Kier molecular flexibility index (Phi) is 8.59. The predicted octanol–water partition coefficient (Wildman–Crippen LogP) is 4.66. The van der Waals surface area contributed by atoms with E-state index < -0.39 is 12.0 Å². The molecule has 0 saturated carbocycles. The van der Waals surface area contributed by atoms with Gasteiger partial charge in [-0.25, -0.2) is 14.4 Å². The Morgan fingerprint density at radius 2 is 1.97 bits per heavy atom. The van der Waals surface area contributed by atoms with Crippen LogP contribution in [0.2, 0.25) is 0 Å². The van der Waals surface area contributed by atoms with Crippen LogP contribution < -0.4 is 20.5 Å². The maximum atomic E-state index is 14.6. The van der Waals surface area contributed by atoms with E-state index in [1.54, 1.807) is 44.4 Å².